The zero-order valence-electron chi connectivity index (χ0n) is 21.9. The topological polar surface area (TPSA) is 64.3 Å². The van der Waals surface area contributed by atoms with Gasteiger partial charge < -0.3 is 15.6 Å². The lowest BCUT2D eigenvalue weighted by Crippen LogP contribution is -2.15. The maximum absolute atomic E-state index is 9.69. The summed E-state index contributed by atoms with van der Waals surface area (Å²) in [5, 5.41) is 28.1. The molecule has 0 aliphatic rings. The normalized spacial score (nSPS) is 14.1. The van der Waals surface area contributed by atoms with Crippen LogP contribution in [0.15, 0.2) is 48.5 Å². The number of phenolic OH excluding ortho intramolecular Hbond substituents is 2. The van der Waals surface area contributed by atoms with Crippen molar-refractivity contribution in [3.8, 4) is 11.5 Å². The van der Waals surface area contributed by atoms with Crippen LogP contribution in [-0.2, 0) is 6.42 Å². The molecule has 0 saturated heterocycles. The van der Waals surface area contributed by atoms with Crippen LogP contribution in [0.4, 0.5) is 0 Å². The second-order valence-electron chi connectivity index (χ2n) is 10.9. The van der Waals surface area contributed by atoms with Gasteiger partial charge >= 0.3 is 0 Å². The largest absolute Gasteiger partial charge is 0.508 e. The Morgan fingerprint density at radius 2 is 1.15 bits per heavy atom. The summed E-state index contributed by atoms with van der Waals surface area (Å²) in [6.45, 7) is 9.39. The fourth-order valence-electron chi connectivity index (χ4n) is 4.81. The van der Waals surface area contributed by atoms with Gasteiger partial charge in [0.1, 0.15) is 11.5 Å². The predicted octanol–water partition coefficient (Wildman–Crippen LogP) is 8.88. The highest BCUT2D eigenvalue weighted by Crippen LogP contribution is 2.28. The van der Waals surface area contributed by atoms with E-state index in [0.717, 1.165) is 47.9 Å². The minimum atomic E-state index is -0.00728. The molecule has 0 amide bonds. The van der Waals surface area contributed by atoms with Gasteiger partial charge in [-0.25, -0.2) is 0 Å². The van der Waals surface area contributed by atoms with E-state index in [1.807, 2.05) is 24.3 Å². The summed E-state index contributed by atoms with van der Waals surface area (Å²) in [4.78, 5) is 0. The predicted molar refractivity (Wildman–Crippen MR) is 145 cm³/mol. The van der Waals surface area contributed by atoms with E-state index in [2.05, 4.69) is 27.7 Å². The first-order chi connectivity index (χ1) is 16.2. The molecule has 188 valence electrons. The zero-order chi connectivity index (χ0) is 24.9. The maximum Gasteiger partial charge on any atom is 0.115 e. The number of phenols is 2. The third kappa shape index (κ3) is 10.8. The van der Waals surface area contributed by atoms with Crippen LogP contribution in [0.2, 0.25) is 0 Å². The molecule has 3 atom stereocenters. The summed E-state index contributed by atoms with van der Waals surface area (Å²) in [6.07, 6.45) is 11.8. The zero-order valence-corrected chi connectivity index (χ0v) is 21.9. The van der Waals surface area contributed by atoms with Crippen LogP contribution < -0.4 is 0 Å². The quantitative estimate of drug-likeness (QED) is 0.217. The minimum Gasteiger partial charge on any atom is -0.508 e. The first kappa shape index (κ1) is 28.0. The number of hydrogen-bond acceptors (Lipinski definition) is 3. The fraction of sp³-hybridized carbons (Fsp3) is 0.581. The van der Waals surface area contributed by atoms with Crippen LogP contribution in [0.3, 0.4) is 0 Å². The van der Waals surface area contributed by atoms with Gasteiger partial charge in [0, 0.05) is 11.6 Å². The summed E-state index contributed by atoms with van der Waals surface area (Å²) >= 11 is 0. The molecule has 0 aliphatic heterocycles. The molecule has 1 unspecified atom stereocenters. The van der Waals surface area contributed by atoms with Gasteiger partial charge in [-0.3, -0.25) is 0 Å². The summed E-state index contributed by atoms with van der Waals surface area (Å²) in [5.41, 5.74) is 2.93. The highest BCUT2D eigenvalue weighted by Gasteiger charge is 2.18. The van der Waals surface area contributed by atoms with Crippen molar-refractivity contribution in [2.75, 3.05) is 0 Å². The Hall–Kier alpha value is -2.29. The lowest BCUT2D eigenvalue weighted by Gasteiger charge is -2.20. The second kappa shape index (κ2) is 14.9. The third-order valence-electron chi connectivity index (χ3n) is 7.11. The highest BCUT2D eigenvalue weighted by atomic mass is 16.3. The van der Waals surface area contributed by atoms with Crippen molar-refractivity contribution in [1.29, 1.82) is 5.41 Å². The Morgan fingerprint density at radius 1 is 0.676 bits per heavy atom. The van der Waals surface area contributed by atoms with Gasteiger partial charge in [-0.2, -0.15) is 0 Å². The van der Waals surface area contributed by atoms with E-state index in [4.69, 9.17) is 5.41 Å². The number of rotatable bonds is 16. The van der Waals surface area contributed by atoms with Crippen molar-refractivity contribution in [2.24, 2.45) is 17.8 Å². The highest BCUT2D eigenvalue weighted by molar-refractivity contribution is 5.88. The second-order valence-corrected chi connectivity index (χ2v) is 10.9. The van der Waals surface area contributed by atoms with Crippen LogP contribution in [0.1, 0.15) is 103 Å². The Morgan fingerprint density at radius 3 is 1.68 bits per heavy atom. The van der Waals surface area contributed by atoms with Gasteiger partial charge in [0.2, 0.25) is 0 Å². The molecule has 0 aromatic heterocycles. The molecule has 0 aliphatic carbocycles. The van der Waals surface area contributed by atoms with Crippen molar-refractivity contribution in [3.63, 3.8) is 0 Å². The van der Waals surface area contributed by atoms with E-state index in [1.54, 1.807) is 24.3 Å². The summed E-state index contributed by atoms with van der Waals surface area (Å²) in [6, 6.07) is 14.6. The first-order valence-corrected chi connectivity index (χ1v) is 13.4. The lowest BCUT2D eigenvalue weighted by atomic mass is 9.85. The SMILES string of the molecule is CC(C)CCC[C@@H](C)CCC[C@@H](C)CCCC(=N)C(Cc1ccc(O)cc1)c1ccc(O)cc1. The average Bonchev–Trinajstić information content (AvgIpc) is 2.79. The Labute approximate surface area is 208 Å². The molecule has 3 N–H and O–H groups in total. The average molecular weight is 466 g/mol. The summed E-state index contributed by atoms with van der Waals surface area (Å²) in [5.74, 6) is 2.87. The van der Waals surface area contributed by atoms with Crippen LogP contribution >= 0.6 is 0 Å². The van der Waals surface area contributed by atoms with E-state index in [0.29, 0.717) is 5.92 Å². The van der Waals surface area contributed by atoms with Crippen LogP contribution in [0.5, 0.6) is 11.5 Å². The molecule has 2 aromatic rings. The molecule has 0 spiro atoms. The maximum atomic E-state index is 9.69. The van der Waals surface area contributed by atoms with E-state index in [1.165, 1.54) is 44.9 Å². The number of aromatic hydroxyl groups is 2. The summed E-state index contributed by atoms with van der Waals surface area (Å²) < 4.78 is 0. The summed E-state index contributed by atoms with van der Waals surface area (Å²) in [7, 11) is 0. The molecule has 0 fully saturated rings. The Kier molecular flexibility index (Phi) is 12.2. The van der Waals surface area contributed by atoms with Gasteiger partial charge in [0.05, 0.1) is 0 Å². The van der Waals surface area contributed by atoms with Gasteiger partial charge in [0.25, 0.3) is 0 Å². The van der Waals surface area contributed by atoms with Crippen molar-refractivity contribution in [1.82, 2.24) is 0 Å². The molecule has 3 heteroatoms. The van der Waals surface area contributed by atoms with Crippen LogP contribution in [0, 0.1) is 23.2 Å². The molecule has 2 aromatic carbocycles. The molecular weight excluding hydrogens is 418 g/mol. The number of hydrogen-bond donors (Lipinski definition) is 3. The molecule has 34 heavy (non-hydrogen) atoms. The Bertz CT molecular complexity index is 826. The third-order valence-corrected chi connectivity index (χ3v) is 7.11. The van der Waals surface area contributed by atoms with Crippen molar-refractivity contribution in [3.05, 3.63) is 59.7 Å². The van der Waals surface area contributed by atoms with Gasteiger partial charge in [-0.15, -0.1) is 0 Å². The van der Waals surface area contributed by atoms with Gasteiger partial charge in [-0.1, -0.05) is 96.9 Å². The lowest BCUT2D eigenvalue weighted by molar-refractivity contribution is 0.390. The molecule has 2 rings (SSSR count). The number of nitrogens with one attached hydrogen (secondary N) is 1. The molecule has 0 bridgehead atoms. The number of benzene rings is 2. The molecule has 0 heterocycles. The first-order valence-electron chi connectivity index (χ1n) is 13.4. The standard InChI is InChI=1S/C31H47NO2/c1-23(2)8-5-9-24(3)10-6-11-25(4)12-7-13-31(32)30(27-16-20-29(34)21-17-27)22-26-14-18-28(33)19-15-26/h14-21,23-25,30,32-34H,5-13,22H2,1-4H3/t24-,25-,30?/m1/s1. The van der Waals surface area contributed by atoms with Crippen LogP contribution in [-0.4, -0.2) is 15.9 Å². The van der Waals surface area contributed by atoms with E-state index in [9.17, 15) is 10.2 Å². The van der Waals surface area contributed by atoms with Crippen molar-refractivity contribution in [2.45, 2.75) is 97.8 Å². The van der Waals surface area contributed by atoms with Crippen molar-refractivity contribution >= 4 is 5.71 Å². The van der Waals surface area contributed by atoms with Gasteiger partial charge in [-0.05, 0) is 72.4 Å². The monoisotopic (exact) mass is 465 g/mol. The fourth-order valence-corrected chi connectivity index (χ4v) is 4.81. The van der Waals surface area contributed by atoms with E-state index < -0.39 is 0 Å². The molecular formula is C31H47NO2. The molecule has 0 radical (unpaired) electrons. The van der Waals surface area contributed by atoms with Crippen molar-refractivity contribution < 1.29 is 10.2 Å². The minimum absolute atomic E-state index is 0.00728. The Balaban J connectivity index is 1.79. The van der Waals surface area contributed by atoms with Crippen LogP contribution in [0.25, 0.3) is 0 Å². The smallest absolute Gasteiger partial charge is 0.115 e. The van der Waals surface area contributed by atoms with Gasteiger partial charge in [0.15, 0.2) is 0 Å². The van der Waals surface area contributed by atoms with E-state index in [-0.39, 0.29) is 17.4 Å². The van der Waals surface area contributed by atoms with E-state index >= 15 is 0 Å². The molecule has 0 saturated carbocycles. The molecule has 3 nitrogen and oxygen atoms in total.